The molecule has 2 aromatic rings. The first-order valence-electron chi connectivity index (χ1n) is 7.08. The van der Waals surface area contributed by atoms with Gasteiger partial charge in [-0.3, -0.25) is 4.79 Å². The SMILES string of the molecule is CCOC1CC(CC(=O)c2c[nH]c3ccc(F)cc23)C1. The van der Waals surface area contributed by atoms with Crippen molar-refractivity contribution in [1.82, 2.24) is 4.98 Å². The number of aromatic amines is 1. The second-order valence-electron chi connectivity index (χ2n) is 5.43. The molecule has 1 aromatic carbocycles. The molecular weight excluding hydrogens is 257 g/mol. The zero-order valence-electron chi connectivity index (χ0n) is 11.5. The quantitative estimate of drug-likeness (QED) is 0.845. The van der Waals surface area contributed by atoms with Gasteiger partial charge in [-0.1, -0.05) is 0 Å². The summed E-state index contributed by atoms with van der Waals surface area (Å²) in [6, 6.07) is 4.48. The van der Waals surface area contributed by atoms with Crippen molar-refractivity contribution in [2.75, 3.05) is 6.61 Å². The molecule has 106 valence electrons. The highest BCUT2D eigenvalue weighted by atomic mass is 19.1. The molecule has 0 aliphatic heterocycles. The van der Waals surface area contributed by atoms with Crippen molar-refractivity contribution in [3.05, 3.63) is 35.8 Å². The van der Waals surface area contributed by atoms with Gasteiger partial charge in [-0.25, -0.2) is 4.39 Å². The zero-order valence-corrected chi connectivity index (χ0v) is 11.5. The summed E-state index contributed by atoms with van der Waals surface area (Å²) in [5.74, 6) is 0.172. The van der Waals surface area contributed by atoms with Crippen molar-refractivity contribution < 1.29 is 13.9 Å². The summed E-state index contributed by atoms with van der Waals surface area (Å²) >= 11 is 0. The molecule has 1 heterocycles. The van der Waals surface area contributed by atoms with Crippen LogP contribution in [0.2, 0.25) is 0 Å². The smallest absolute Gasteiger partial charge is 0.165 e. The number of ketones is 1. The molecule has 1 N–H and O–H groups in total. The summed E-state index contributed by atoms with van der Waals surface area (Å²) in [4.78, 5) is 15.3. The van der Waals surface area contributed by atoms with Gasteiger partial charge in [0, 0.05) is 35.7 Å². The van der Waals surface area contributed by atoms with Crippen LogP contribution in [0.1, 0.15) is 36.5 Å². The van der Waals surface area contributed by atoms with Crippen LogP contribution < -0.4 is 0 Å². The van der Waals surface area contributed by atoms with Gasteiger partial charge >= 0.3 is 0 Å². The molecule has 0 bridgehead atoms. The Morgan fingerprint density at radius 3 is 3.00 bits per heavy atom. The molecule has 1 aromatic heterocycles. The van der Waals surface area contributed by atoms with Crippen molar-refractivity contribution >= 4 is 16.7 Å². The number of nitrogens with one attached hydrogen (secondary N) is 1. The summed E-state index contributed by atoms with van der Waals surface area (Å²) in [5.41, 5.74) is 1.40. The van der Waals surface area contributed by atoms with E-state index < -0.39 is 0 Å². The predicted molar refractivity (Wildman–Crippen MR) is 75.3 cm³/mol. The van der Waals surface area contributed by atoms with Crippen LogP contribution in [0.15, 0.2) is 24.4 Å². The van der Waals surface area contributed by atoms with Crippen molar-refractivity contribution in [2.45, 2.75) is 32.3 Å². The molecule has 0 amide bonds. The molecule has 3 nitrogen and oxygen atoms in total. The number of fused-ring (bicyclic) bond motifs is 1. The number of carbonyl (C=O) groups is 1. The second-order valence-corrected chi connectivity index (χ2v) is 5.43. The third kappa shape index (κ3) is 2.48. The Bertz CT molecular complexity index is 628. The van der Waals surface area contributed by atoms with E-state index in [2.05, 4.69) is 4.98 Å². The first-order chi connectivity index (χ1) is 9.67. The van der Waals surface area contributed by atoms with Crippen LogP contribution in [0.25, 0.3) is 10.9 Å². The maximum absolute atomic E-state index is 13.3. The number of carbonyl (C=O) groups excluding carboxylic acids is 1. The van der Waals surface area contributed by atoms with E-state index in [0.717, 1.165) is 25.0 Å². The number of rotatable bonds is 5. The van der Waals surface area contributed by atoms with Gasteiger partial charge in [0.2, 0.25) is 0 Å². The van der Waals surface area contributed by atoms with Crippen molar-refractivity contribution in [3.8, 4) is 0 Å². The van der Waals surface area contributed by atoms with Gasteiger partial charge in [0.1, 0.15) is 5.82 Å². The van der Waals surface area contributed by atoms with Crippen LogP contribution in [0.3, 0.4) is 0 Å². The van der Waals surface area contributed by atoms with E-state index in [1.807, 2.05) is 6.92 Å². The zero-order chi connectivity index (χ0) is 14.1. The van der Waals surface area contributed by atoms with Crippen molar-refractivity contribution in [3.63, 3.8) is 0 Å². The minimum atomic E-state index is -0.314. The number of Topliss-reactive ketones (excluding diaryl/α,β-unsaturated/α-hetero) is 1. The third-order valence-electron chi connectivity index (χ3n) is 4.01. The van der Waals surface area contributed by atoms with E-state index in [-0.39, 0.29) is 11.6 Å². The molecule has 1 fully saturated rings. The highest BCUT2D eigenvalue weighted by molar-refractivity contribution is 6.07. The largest absolute Gasteiger partial charge is 0.378 e. The number of aromatic nitrogens is 1. The highest BCUT2D eigenvalue weighted by Crippen LogP contribution is 2.34. The van der Waals surface area contributed by atoms with Gasteiger partial charge in [0.05, 0.1) is 6.10 Å². The molecule has 3 rings (SSSR count). The van der Waals surface area contributed by atoms with Crippen molar-refractivity contribution in [2.24, 2.45) is 5.92 Å². The molecule has 1 aliphatic rings. The van der Waals surface area contributed by atoms with Crippen LogP contribution in [0.5, 0.6) is 0 Å². The van der Waals surface area contributed by atoms with E-state index in [9.17, 15) is 9.18 Å². The summed E-state index contributed by atoms with van der Waals surface area (Å²) in [5, 5.41) is 0.677. The lowest BCUT2D eigenvalue weighted by Crippen LogP contribution is -2.32. The second kappa shape index (κ2) is 5.37. The van der Waals surface area contributed by atoms with Crippen LogP contribution in [0, 0.1) is 11.7 Å². The molecule has 1 aliphatic carbocycles. The van der Waals surface area contributed by atoms with E-state index >= 15 is 0 Å². The number of H-pyrrole nitrogens is 1. The predicted octanol–water partition coefficient (Wildman–Crippen LogP) is 3.69. The van der Waals surface area contributed by atoms with E-state index in [0.29, 0.717) is 29.4 Å². The number of hydrogen-bond donors (Lipinski definition) is 1. The Hall–Kier alpha value is -1.68. The molecule has 4 heteroatoms. The fourth-order valence-electron chi connectivity index (χ4n) is 2.91. The Morgan fingerprint density at radius 2 is 2.25 bits per heavy atom. The Labute approximate surface area is 117 Å². The van der Waals surface area contributed by atoms with E-state index in [1.54, 1.807) is 12.3 Å². The fourth-order valence-corrected chi connectivity index (χ4v) is 2.91. The first kappa shape index (κ1) is 13.3. The summed E-state index contributed by atoms with van der Waals surface area (Å²) in [6.45, 7) is 2.71. The van der Waals surface area contributed by atoms with E-state index in [1.165, 1.54) is 12.1 Å². The monoisotopic (exact) mass is 275 g/mol. The van der Waals surface area contributed by atoms with Gasteiger partial charge in [0.15, 0.2) is 5.78 Å². The Morgan fingerprint density at radius 1 is 1.45 bits per heavy atom. The lowest BCUT2D eigenvalue weighted by molar-refractivity contribution is -0.0245. The average Bonchev–Trinajstić information content (AvgIpc) is 2.79. The Kier molecular flexibility index (Phi) is 3.57. The van der Waals surface area contributed by atoms with Gasteiger partial charge in [-0.05, 0) is 43.9 Å². The first-order valence-corrected chi connectivity index (χ1v) is 7.08. The number of ether oxygens (including phenoxy) is 1. The highest BCUT2D eigenvalue weighted by Gasteiger charge is 2.31. The van der Waals surface area contributed by atoms with E-state index in [4.69, 9.17) is 4.74 Å². The summed E-state index contributed by atoms with van der Waals surface area (Å²) in [7, 11) is 0. The van der Waals surface area contributed by atoms with Gasteiger partial charge in [-0.15, -0.1) is 0 Å². The van der Waals surface area contributed by atoms with Gasteiger partial charge in [-0.2, -0.15) is 0 Å². The van der Waals surface area contributed by atoms with Crippen molar-refractivity contribution in [1.29, 1.82) is 0 Å². The summed E-state index contributed by atoms with van der Waals surface area (Å²) < 4.78 is 18.8. The molecule has 1 saturated carbocycles. The normalized spacial score (nSPS) is 21.9. The van der Waals surface area contributed by atoms with Gasteiger partial charge in [0.25, 0.3) is 0 Å². The number of hydrogen-bond acceptors (Lipinski definition) is 2. The van der Waals surface area contributed by atoms with Gasteiger partial charge < -0.3 is 9.72 Å². The number of benzene rings is 1. The third-order valence-corrected chi connectivity index (χ3v) is 4.01. The number of halogens is 1. The van der Waals surface area contributed by atoms with Crippen LogP contribution in [0.4, 0.5) is 4.39 Å². The standard InChI is InChI=1S/C16H18FNO2/c1-2-20-12-5-10(6-12)7-16(19)14-9-18-15-4-3-11(17)8-13(14)15/h3-4,8-10,12,18H,2,5-7H2,1H3. The lowest BCUT2D eigenvalue weighted by atomic mass is 9.78. The molecule has 0 saturated heterocycles. The molecule has 0 radical (unpaired) electrons. The summed E-state index contributed by atoms with van der Waals surface area (Å²) in [6.07, 6.45) is 4.43. The molecule has 0 unspecified atom stereocenters. The van der Waals surface area contributed by atoms with Crippen LogP contribution in [-0.4, -0.2) is 23.5 Å². The fraction of sp³-hybridized carbons (Fsp3) is 0.438. The molecular formula is C16H18FNO2. The molecule has 20 heavy (non-hydrogen) atoms. The minimum Gasteiger partial charge on any atom is -0.378 e. The van der Waals surface area contributed by atoms with Crippen LogP contribution >= 0.6 is 0 Å². The Balaban J connectivity index is 1.69. The topological polar surface area (TPSA) is 42.1 Å². The molecule has 0 atom stereocenters. The maximum Gasteiger partial charge on any atom is 0.165 e. The minimum absolute atomic E-state index is 0.0850. The lowest BCUT2D eigenvalue weighted by Gasteiger charge is -2.34. The molecule has 0 spiro atoms. The average molecular weight is 275 g/mol. The van der Waals surface area contributed by atoms with Crippen LogP contribution in [-0.2, 0) is 4.74 Å². The maximum atomic E-state index is 13.3.